The summed E-state index contributed by atoms with van der Waals surface area (Å²) in [5, 5.41) is 72.4. The van der Waals surface area contributed by atoms with Crippen molar-refractivity contribution in [2.45, 2.75) is 177 Å². The molecule has 17 heteroatoms. The van der Waals surface area contributed by atoms with Crippen molar-refractivity contribution < 1.29 is 83.2 Å². The Morgan fingerprint density at radius 2 is 1.47 bits per heavy atom. The van der Waals surface area contributed by atoms with Crippen LogP contribution in [0.3, 0.4) is 0 Å². The first kappa shape index (κ1) is 43.9. The Kier molecular flexibility index (Phi) is 12.5. The molecule has 0 radical (unpaired) electrons. The molecule has 4 aliphatic carbocycles. The third-order valence-corrected chi connectivity index (χ3v) is 16.1. The maximum Gasteiger partial charge on any atom is 0.331 e. The van der Waals surface area contributed by atoms with Crippen molar-refractivity contribution in [1.82, 2.24) is 0 Å². The van der Waals surface area contributed by atoms with Gasteiger partial charge in [-0.1, -0.05) is 13.8 Å². The monoisotopic (exact) mass is 840 g/mol. The number of ether oxygens (including phenoxy) is 8. The highest BCUT2D eigenvalue weighted by Crippen LogP contribution is 2.70. The standard InChI is InChI=1S/C42H64O17/c1-19-36(59-38-35(50)33(48)31(46)26(58-38)18-54-37-34(49)32(47)30(45)25(16-43)57-37)24(52-4)15-29(55-19)56-22-6-9-40(2)21(14-22)5-11-42-12-7-23(20-13-28(44)53-17-20)41(3,39(42)51)10-8-27(40)42/h13,19,21-27,29-38,43,45-50H,5-12,14-18H2,1-4H3/t19?,21-,22+,23-,24?,25?,26?,27?,29?,30?,31?,32?,33?,34?,35?,36?,37?,38?,40+,41-,42-/m1/s1. The second-order valence-corrected chi connectivity index (χ2v) is 19.1. The van der Waals surface area contributed by atoms with Crippen LogP contribution in [0.1, 0.15) is 85.0 Å². The van der Waals surface area contributed by atoms with Gasteiger partial charge in [-0.05, 0) is 93.5 Å². The molecular weight excluding hydrogens is 776 g/mol. The molecule has 3 saturated heterocycles. The first-order chi connectivity index (χ1) is 28.0. The second kappa shape index (κ2) is 16.8. The average molecular weight is 841 g/mol. The van der Waals surface area contributed by atoms with E-state index in [-0.39, 0.29) is 28.8 Å². The van der Waals surface area contributed by atoms with Crippen molar-refractivity contribution >= 4 is 11.8 Å². The molecule has 8 rings (SSSR count). The van der Waals surface area contributed by atoms with Crippen molar-refractivity contribution in [2.75, 3.05) is 26.9 Å². The summed E-state index contributed by atoms with van der Waals surface area (Å²) in [6.07, 6.45) is -7.97. The van der Waals surface area contributed by atoms with Gasteiger partial charge in [0.25, 0.3) is 0 Å². The molecule has 15 unspecified atom stereocenters. The molecule has 59 heavy (non-hydrogen) atoms. The van der Waals surface area contributed by atoms with Gasteiger partial charge >= 0.3 is 5.97 Å². The van der Waals surface area contributed by atoms with Gasteiger partial charge in [0, 0.05) is 30.4 Å². The number of rotatable bonds is 10. The number of esters is 1. The highest BCUT2D eigenvalue weighted by atomic mass is 16.8. The van der Waals surface area contributed by atoms with Gasteiger partial charge in [0.15, 0.2) is 18.9 Å². The fraction of sp³-hybridized carbons (Fsp3) is 0.905. The van der Waals surface area contributed by atoms with E-state index < -0.39 is 105 Å². The van der Waals surface area contributed by atoms with Crippen LogP contribution in [0.25, 0.3) is 0 Å². The molecule has 21 atom stereocenters. The summed E-state index contributed by atoms with van der Waals surface area (Å²) in [6.45, 7) is 5.49. The number of hydrogen-bond acceptors (Lipinski definition) is 17. The molecule has 0 aromatic rings. The van der Waals surface area contributed by atoms with E-state index in [1.165, 1.54) is 7.11 Å². The molecule has 17 nitrogen and oxygen atoms in total. The molecule has 4 heterocycles. The molecule has 4 aliphatic heterocycles. The first-order valence-electron chi connectivity index (χ1n) is 21.6. The number of hydrogen-bond donors (Lipinski definition) is 7. The summed E-state index contributed by atoms with van der Waals surface area (Å²) >= 11 is 0. The fourth-order valence-electron chi connectivity index (χ4n) is 12.7. The fourth-order valence-corrected chi connectivity index (χ4v) is 12.7. The molecule has 334 valence electrons. The van der Waals surface area contributed by atoms with Gasteiger partial charge in [0.2, 0.25) is 0 Å². The molecular formula is C42H64O17. The number of cyclic esters (lactones) is 1. The van der Waals surface area contributed by atoms with E-state index in [9.17, 15) is 45.3 Å². The first-order valence-corrected chi connectivity index (χ1v) is 21.6. The molecule has 0 aromatic heterocycles. The number of aliphatic hydroxyl groups is 7. The van der Waals surface area contributed by atoms with Crippen molar-refractivity contribution in [3.8, 4) is 0 Å². The van der Waals surface area contributed by atoms with Crippen molar-refractivity contribution in [2.24, 2.45) is 34.0 Å². The SMILES string of the molecule is COC1CC(O[C@H]2CC[C@]3(C)C4CC[C@@]5(C)C(=O)[C@]4(CC[C@@H]3C2)CC[C@@H]5C2=CC(=O)OC2)OC(C)C1OC1OC(COC2OC(CO)C(O)C(O)C2O)C(O)C(O)C1O. The van der Waals surface area contributed by atoms with Crippen LogP contribution in [0.15, 0.2) is 11.6 Å². The van der Waals surface area contributed by atoms with E-state index in [1.54, 1.807) is 13.0 Å². The van der Waals surface area contributed by atoms with Gasteiger partial charge in [0.1, 0.15) is 67.3 Å². The molecule has 0 amide bonds. The van der Waals surface area contributed by atoms with Crippen molar-refractivity contribution in [1.29, 1.82) is 0 Å². The maximum absolute atomic E-state index is 14.6. The van der Waals surface area contributed by atoms with E-state index in [4.69, 9.17) is 37.9 Å². The summed E-state index contributed by atoms with van der Waals surface area (Å²) < 4.78 is 47.2. The molecule has 2 bridgehead atoms. The Morgan fingerprint density at radius 3 is 2.17 bits per heavy atom. The van der Waals surface area contributed by atoms with Crippen LogP contribution in [0, 0.1) is 34.0 Å². The average Bonchev–Trinajstić information content (AvgIpc) is 3.64. The van der Waals surface area contributed by atoms with Crippen LogP contribution < -0.4 is 0 Å². The van der Waals surface area contributed by atoms with Crippen LogP contribution in [-0.2, 0) is 47.5 Å². The van der Waals surface area contributed by atoms with E-state index in [1.807, 2.05) is 0 Å². The summed E-state index contributed by atoms with van der Waals surface area (Å²) in [6, 6.07) is 0. The lowest BCUT2D eigenvalue weighted by molar-refractivity contribution is -0.355. The Morgan fingerprint density at radius 1 is 0.780 bits per heavy atom. The van der Waals surface area contributed by atoms with Crippen molar-refractivity contribution in [3.05, 3.63) is 11.6 Å². The van der Waals surface area contributed by atoms with Gasteiger partial charge in [-0.25, -0.2) is 4.79 Å². The molecule has 7 fully saturated rings. The van der Waals surface area contributed by atoms with E-state index in [0.717, 1.165) is 63.4 Å². The van der Waals surface area contributed by atoms with Gasteiger partial charge in [-0.3, -0.25) is 4.79 Å². The predicted octanol–water partition coefficient (Wildman–Crippen LogP) is -0.00400. The van der Waals surface area contributed by atoms with Crippen LogP contribution in [0.2, 0.25) is 0 Å². The Hall–Kier alpha value is -1.68. The summed E-state index contributed by atoms with van der Waals surface area (Å²) in [5.41, 5.74) is 0.201. The van der Waals surface area contributed by atoms with Gasteiger partial charge < -0.3 is 73.6 Å². The predicted molar refractivity (Wildman–Crippen MR) is 201 cm³/mol. The number of carbonyl (C=O) groups is 2. The normalized spacial score (nSPS) is 52.6. The Labute approximate surface area is 344 Å². The highest BCUT2D eigenvalue weighted by molar-refractivity contribution is 5.93. The zero-order chi connectivity index (χ0) is 42.2. The number of carbonyl (C=O) groups excluding carboxylic acids is 2. The molecule has 7 N–H and O–H groups in total. The maximum atomic E-state index is 14.6. The van der Waals surface area contributed by atoms with Gasteiger partial charge in [0.05, 0.1) is 31.5 Å². The third-order valence-electron chi connectivity index (χ3n) is 16.1. The molecule has 8 aliphatic rings. The lowest BCUT2D eigenvalue weighted by Gasteiger charge is -2.66. The third kappa shape index (κ3) is 7.55. The number of ketones is 1. The lowest BCUT2D eigenvalue weighted by atomic mass is 9.37. The smallest absolute Gasteiger partial charge is 0.331 e. The van der Waals surface area contributed by atoms with Crippen LogP contribution >= 0.6 is 0 Å². The van der Waals surface area contributed by atoms with E-state index in [0.29, 0.717) is 30.6 Å². The largest absolute Gasteiger partial charge is 0.458 e. The zero-order valence-corrected chi connectivity index (χ0v) is 34.4. The molecule has 4 saturated carbocycles. The summed E-state index contributed by atoms with van der Waals surface area (Å²) in [7, 11) is 1.54. The number of methoxy groups -OCH3 is 1. The lowest BCUT2D eigenvalue weighted by Crippen LogP contribution is -2.64. The van der Waals surface area contributed by atoms with Gasteiger partial charge in [-0.2, -0.15) is 0 Å². The minimum atomic E-state index is -1.71. The number of Topliss-reactive ketones (excluding diaryl/α,β-unsaturated/α-hetero) is 1. The second-order valence-electron chi connectivity index (χ2n) is 19.1. The molecule has 0 aromatic carbocycles. The van der Waals surface area contributed by atoms with Crippen LogP contribution in [0.4, 0.5) is 0 Å². The van der Waals surface area contributed by atoms with Crippen LogP contribution in [-0.4, -0.2) is 167 Å². The topological polar surface area (TPSA) is 250 Å². The number of aliphatic hydroxyl groups excluding tert-OH is 7. The highest BCUT2D eigenvalue weighted by Gasteiger charge is 2.68. The number of fused-ring (bicyclic) bond motifs is 3. The minimum Gasteiger partial charge on any atom is -0.458 e. The van der Waals surface area contributed by atoms with E-state index in [2.05, 4.69) is 13.8 Å². The van der Waals surface area contributed by atoms with E-state index >= 15 is 0 Å². The quantitative estimate of drug-likeness (QED) is 0.113. The summed E-state index contributed by atoms with van der Waals surface area (Å²) in [4.78, 5) is 26.6. The Bertz CT molecular complexity index is 1580. The van der Waals surface area contributed by atoms with Gasteiger partial charge in [-0.15, -0.1) is 0 Å². The Balaban J connectivity index is 0.863. The molecule has 1 spiro atoms. The zero-order valence-electron chi connectivity index (χ0n) is 34.4. The summed E-state index contributed by atoms with van der Waals surface area (Å²) in [5.74, 6) is 0.866. The van der Waals surface area contributed by atoms with Crippen molar-refractivity contribution in [3.63, 3.8) is 0 Å². The van der Waals surface area contributed by atoms with Crippen LogP contribution in [0.5, 0.6) is 0 Å². The minimum absolute atomic E-state index is 0.0130.